The second-order valence-electron chi connectivity index (χ2n) is 6.70. The summed E-state index contributed by atoms with van der Waals surface area (Å²) in [6, 6.07) is 16.8. The highest BCUT2D eigenvalue weighted by Crippen LogP contribution is 2.17. The average Bonchev–Trinajstić information content (AvgIpc) is 2.64. The van der Waals surface area contributed by atoms with Gasteiger partial charge in [0, 0.05) is 50.5 Å². The van der Waals surface area contributed by atoms with Crippen molar-refractivity contribution in [2.24, 2.45) is 0 Å². The fourth-order valence-corrected chi connectivity index (χ4v) is 3.33. The zero-order valence-electron chi connectivity index (χ0n) is 15.2. The Hall–Kier alpha value is -2.49. The van der Waals surface area contributed by atoms with Crippen LogP contribution in [-0.4, -0.2) is 43.5 Å². The summed E-state index contributed by atoms with van der Waals surface area (Å²) in [4.78, 5) is 16.8. The van der Waals surface area contributed by atoms with Crippen molar-refractivity contribution in [2.45, 2.75) is 20.3 Å². The number of hydrogen-bond acceptors (Lipinski definition) is 3. The Labute approximate surface area is 150 Å². The molecule has 1 saturated heterocycles. The first kappa shape index (κ1) is 17.3. The van der Waals surface area contributed by atoms with Crippen LogP contribution in [0.4, 0.5) is 11.4 Å². The number of para-hydroxylation sites is 1. The Morgan fingerprint density at radius 2 is 1.72 bits per heavy atom. The van der Waals surface area contributed by atoms with Gasteiger partial charge in [-0.15, -0.1) is 0 Å². The topological polar surface area (TPSA) is 35.6 Å². The lowest BCUT2D eigenvalue weighted by Crippen LogP contribution is -2.49. The number of anilines is 2. The summed E-state index contributed by atoms with van der Waals surface area (Å²) >= 11 is 0. The van der Waals surface area contributed by atoms with Crippen molar-refractivity contribution in [2.75, 3.05) is 42.9 Å². The predicted octanol–water partition coefficient (Wildman–Crippen LogP) is 3.45. The molecule has 3 rings (SSSR count). The van der Waals surface area contributed by atoms with Gasteiger partial charge < -0.3 is 15.1 Å². The molecule has 2 aromatic rings. The summed E-state index contributed by atoms with van der Waals surface area (Å²) in [5.41, 5.74) is 4.85. The molecule has 0 unspecified atom stereocenters. The van der Waals surface area contributed by atoms with Crippen LogP contribution in [0.5, 0.6) is 0 Å². The van der Waals surface area contributed by atoms with Gasteiger partial charge in [-0.25, -0.2) is 0 Å². The van der Waals surface area contributed by atoms with Crippen molar-refractivity contribution < 1.29 is 4.79 Å². The molecule has 0 atom stereocenters. The van der Waals surface area contributed by atoms with Crippen molar-refractivity contribution in [3.63, 3.8) is 0 Å². The highest BCUT2D eigenvalue weighted by molar-refractivity contribution is 5.77. The normalized spacial score (nSPS) is 14.5. The van der Waals surface area contributed by atoms with Crippen molar-refractivity contribution in [3.05, 3.63) is 59.7 Å². The summed E-state index contributed by atoms with van der Waals surface area (Å²) in [5.74, 6) is 0.241. The van der Waals surface area contributed by atoms with E-state index in [0.717, 1.165) is 31.9 Å². The number of aryl methyl sites for hydroxylation is 2. The van der Waals surface area contributed by atoms with Crippen LogP contribution in [-0.2, 0) is 4.79 Å². The van der Waals surface area contributed by atoms with E-state index in [1.165, 1.54) is 16.8 Å². The number of hydrogen-bond donors (Lipinski definition) is 1. The van der Waals surface area contributed by atoms with E-state index < -0.39 is 0 Å². The number of nitrogens with zero attached hydrogens (tertiary/aromatic N) is 2. The van der Waals surface area contributed by atoms with Gasteiger partial charge in [0.15, 0.2) is 0 Å². The van der Waals surface area contributed by atoms with Gasteiger partial charge in [-0.05, 0) is 37.6 Å². The standard InChI is InChI=1S/C21H27N3O/c1-17-8-9-20(18(2)16-17)22-11-10-21(25)24-14-12-23(13-15-24)19-6-4-3-5-7-19/h3-9,16,22H,10-15H2,1-2H3. The summed E-state index contributed by atoms with van der Waals surface area (Å²) in [6.45, 7) is 8.28. The molecule has 1 N–H and O–H groups in total. The molecule has 0 radical (unpaired) electrons. The molecule has 0 spiro atoms. The fourth-order valence-electron chi connectivity index (χ4n) is 3.33. The molecule has 1 heterocycles. The average molecular weight is 337 g/mol. The number of carbonyl (C=O) groups excluding carboxylic acids is 1. The second kappa shape index (κ2) is 8.06. The summed E-state index contributed by atoms with van der Waals surface area (Å²) in [6.07, 6.45) is 0.540. The molecule has 4 heteroatoms. The van der Waals surface area contributed by atoms with Gasteiger partial charge in [-0.3, -0.25) is 4.79 Å². The van der Waals surface area contributed by atoms with Crippen molar-refractivity contribution >= 4 is 17.3 Å². The van der Waals surface area contributed by atoms with E-state index in [9.17, 15) is 4.79 Å². The monoisotopic (exact) mass is 337 g/mol. The summed E-state index contributed by atoms with van der Waals surface area (Å²) < 4.78 is 0. The smallest absolute Gasteiger partial charge is 0.224 e. The molecule has 1 aliphatic rings. The minimum absolute atomic E-state index is 0.241. The van der Waals surface area contributed by atoms with E-state index >= 15 is 0 Å². The third-order valence-electron chi connectivity index (χ3n) is 4.79. The Bertz CT molecular complexity index is 706. The van der Waals surface area contributed by atoms with Crippen LogP contribution < -0.4 is 10.2 Å². The first-order valence-electron chi connectivity index (χ1n) is 9.02. The van der Waals surface area contributed by atoms with Crippen LogP contribution in [0, 0.1) is 13.8 Å². The van der Waals surface area contributed by atoms with Gasteiger partial charge in [0.2, 0.25) is 5.91 Å². The lowest BCUT2D eigenvalue weighted by Gasteiger charge is -2.36. The molecule has 0 saturated carbocycles. The molecule has 0 aromatic heterocycles. The summed E-state index contributed by atoms with van der Waals surface area (Å²) in [7, 11) is 0. The van der Waals surface area contributed by atoms with Crippen LogP contribution in [0.2, 0.25) is 0 Å². The molecule has 132 valence electrons. The molecule has 2 aromatic carbocycles. The SMILES string of the molecule is Cc1ccc(NCCC(=O)N2CCN(c3ccccc3)CC2)c(C)c1. The minimum Gasteiger partial charge on any atom is -0.384 e. The maximum Gasteiger partial charge on any atom is 0.224 e. The predicted molar refractivity (Wildman–Crippen MR) is 104 cm³/mol. The van der Waals surface area contributed by atoms with Gasteiger partial charge in [0.25, 0.3) is 0 Å². The van der Waals surface area contributed by atoms with Gasteiger partial charge in [0.05, 0.1) is 0 Å². The van der Waals surface area contributed by atoms with E-state index in [2.05, 4.69) is 66.5 Å². The second-order valence-corrected chi connectivity index (χ2v) is 6.70. The summed E-state index contributed by atoms with van der Waals surface area (Å²) in [5, 5.41) is 3.39. The van der Waals surface area contributed by atoms with Crippen molar-refractivity contribution in [3.8, 4) is 0 Å². The third kappa shape index (κ3) is 4.53. The van der Waals surface area contributed by atoms with Gasteiger partial charge >= 0.3 is 0 Å². The maximum absolute atomic E-state index is 12.4. The van der Waals surface area contributed by atoms with Crippen molar-refractivity contribution in [1.82, 2.24) is 4.90 Å². The fraction of sp³-hybridized carbons (Fsp3) is 0.381. The molecule has 0 aliphatic carbocycles. The lowest BCUT2D eigenvalue weighted by molar-refractivity contribution is -0.131. The van der Waals surface area contributed by atoms with Gasteiger partial charge in [-0.2, -0.15) is 0 Å². The molecule has 1 amide bonds. The van der Waals surface area contributed by atoms with Crippen LogP contribution in [0.1, 0.15) is 17.5 Å². The minimum atomic E-state index is 0.241. The van der Waals surface area contributed by atoms with Crippen LogP contribution in [0.15, 0.2) is 48.5 Å². The first-order valence-corrected chi connectivity index (χ1v) is 9.02. The molecule has 1 aliphatic heterocycles. The van der Waals surface area contributed by atoms with Crippen molar-refractivity contribution in [1.29, 1.82) is 0 Å². The number of piperazine rings is 1. The number of rotatable bonds is 5. The molecule has 0 bridgehead atoms. The zero-order valence-corrected chi connectivity index (χ0v) is 15.2. The lowest BCUT2D eigenvalue weighted by atomic mass is 10.1. The van der Waals surface area contributed by atoms with Gasteiger partial charge in [-0.1, -0.05) is 35.9 Å². The van der Waals surface area contributed by atoms with Crippen LogP contribution >= 0.6 is 0 Å². The Balaban J connectivity index is 1.43. The van der Waals surface area contributed by atoms with E-state index in [-0.39, 0.29) is 5.91 Å². The molecule has 25 heavy (non-hydrogen) atoms. The number of benzene rings is 2. The number of carbonyl (C=O) groups is 1. The molecular weight excluding hydrogens is 310 g/mol. The maximum atomic E-state index is 12.4. The first-order chi connectivity index (χ1) is 12.1. The molecule has 4 nitrogen and oxygen atoms in total. The van der Waals surface area contributed by atoms with E-state index in [1.54, 1.807) is 0 Å². The Morgan fingerprint density at radius 3 is 2.40 bits per heavy atom. The Morgan fingerprint density at radius 1 is 1.00 bits per heavy atom. The quantitative estimate of drug-likeness (QED) is 0.908. The highest BCUT2D eigenvalue weighted by atomic mass is 16.2. The largest absolute Gasteiger partial charge is 0.384 e. The Kier molecular flexibility index (Phi) is 5.59. The number of amides is 1. The number of nitrogens with one attached hydrogen (secondary N) is 1. The van der Waals surface area contributed by atoms with E-state index in [1.807, 2.05) is 11.0 Å². The van der Waals surface area contributed by atoms with E-state index in [4.69, 9.17) is 0 Å². The van der Waals surface area contributed by atoms with Gasteiger partial charge in [0.1, 0.15) is 0 Å². The zero-order chi connectivity index (χ0) is 17.6. The van der Waals surface area contributed by atoms with Crippen LogP contribution in [0.25, 0.3) is 0 Å². The molecule has 1 fully saturated rings. The molecular formula is C21H27N3O. The van der Waals surface area contributed by atoms with E-state index in [0.29, 0.717) is 13.0 Å². The van der Waals surface area contributed by atoms with Crippen LogP contribution in [0.3, 0.4) is 0 Å². The third-order valence-corrected chi connectivity index (χ3v) is 4.79. The highest BCUT2D eigenvalue weighted by Gasteiger charge is 2.20.